The van der Waals surface area contributed by atoms with E-state index in [4.69, 9.17) is 11.6 Å². The highest BCUT2D eigenvalue weighted by molar-refractivity contribution is 6.30. The van der Waals surface area contributed by atoms with E-state index in [1.807, 2.05) is 20.8 Å². The molecule has 1 aromatic carbocycles. The van der Waals surface area contributed by atoms with Crippen molar-refractivity contribution >= 4 is 23.5 Å². The number of hydrogen-bond donors (Lipinski definition) is 2. The van der Waals surface area contributed by atoms with E-state index in [9.17, 15) is 9.18 Å². The summed E-state index contributed by atoms with van der Waals surface area (Å²) >= 11 is 5.71. The summed E-state index contributed by atoms with van der Waals surface area (Å²) < 4.78 is 13.9. The number of nitrogens with zero attached hydrogens (tertiary/aromatic N) is 1. The van der Waals surface area contributed by atoms with Gasteiger partial charge in [0.15, 0.2) is 12.0 Å². The molecule has 4 nitrogen and oxygen atoms in total. The fourth-order valence-electron chi connectivity index (χ4n) is 1.77. The highest BCUT2D eigenvalue weighted by Crippen LogP contribution is 2.27. The van der Waals surface area contributed by atoms with Gasteiger partial charge in [0.2, 0.25) is 0 Å². The molecular formula is C13H15ClFN3O. The summed E-state index contributed by atoms with van der Waals surface area (Å²) in [6, 6.07) is 3.64. The van der Waals surface area contributed by atoms with Gasteiger partial charge in [-0.1, -0.05) is 23.7 Å². The maximum Gasteiger partial charge on any atom is 0.256 e. The Hall–Kier alpha value is -1.62. The van der Waals surface area contributed by atoms with Gasteiger partial charge in [-0.25, -0.2) is 9.38 Å². The monoisotopic (exact) mass is 283 g/mol. The lowest BCUT2D eigenvalue weighted by molar-refractivity contribution is -0.120. The Balaban J connectivity index is 2.30. The number of amides is 1. The molecule has 6 heteroatoms. The average Bonchev–Trinajstić information content (AvgIpc) is 2.61. The largest absolute Gasteiger partial charge is 0.351 e. The Bertz CT molecular complexity index is 551. The Morgan fingerprint density at radius 2 is 2.11 bits per heavy atom. The first-order valence-corrected chi connectivity index (χ1v) is 6.26. The minimum atomic E-state index is -0.899. The standard InChI is InChI=1S/C13H15ClFN3O/c1-13(2,3)18-12-16-10(11(19)17-12)7-5-4-6-8(14)9(7)15/h4-6,10H,1-3H3,(H2,16,17,18,19). The van der Waals surface area contributed by atoms with Crippen LogP contribution in [0.5, 0.6) is 0 Å². The molecule has 0 aromatic heterocycles. The molecule has 0 saturated heterocycles. The number of rotatable bonds is 1. The zero-order valence-electron chi connectivity index (χ0n) is 10.9. The van der Waals surface area contributed by atoms with Gasteiger partial charge < -0.3 is 5.32 Å². The fourth-order valence-corrected chi connectivity index (χ4v) is 1.95. The second-order valence-corrected chi connectivity index (χ2v) is 5.79. The number of carbonyl (C=O) groups is 1. The molecule has 0 spiro atoms. The molecule has 102 valence electrons. The van der Waals surface area contributed by atoms with Crippen LogP contribution in [0.3, 0.4) is 0 Å². The van der Waals surface area contributed by atoms with Crippen molar-refractivity contribution in [2.24, 2.45) is 4.99 Å². The van der Waals surface area contributed by atoms with Gasteiger partial charge in [-0.05, 0) is 26.8 Å². The van der Waals surface area contributed by atoms with Gasteiger partial charge in [0.05, 0.1) is 5.02 Å². The summed E-state index contributed by atoms with van der Waals surface area (Å²) in [7, 11) is 0. The van der Waals surface area contributed by atoms with Crippen molar-refractivity contribution in [3.05, 3.63) is 34.6 Å². The smallest absolute Gasteiger partial charge is 0.256 e. The molecule has 1 unspecified atom stereocenters. The van der Waals surface area contributed by atoms with E-state index in [1.54, 1.807) is 6.07 Å². The summed E-state index contributed by atoms with van der Waals surface area (Å²) in [6.45, 7) is 5.82. The second kappa shape index (κ2) is 4.81. The van der Waals surface area contributed by atoms with Crippen molar-refractivity contribution in [1.29, 1.82) is 0 Å². The van der Waals surface area contributed by atoms with Gasteiger partial charge >= 0.3 is 0 Å². The molecule has 19 heavy (non-hydrogen) atoms. The normalized spacial score (nSPS) is 19.1. The van der Waals surface area contributed by atoms with Gasteiger partial charge in [-0.15, -0.1) is 0 Å². The fraction of sp³-hybridized carbons (Fsp3) is 0.385. The number of aliphatic imine (C=N–C) groups is 1. The molecular weight excluding hydrogens is 269 g/mol. The predicted octanol–water partition coefficient (Wildman–Crippen LogP) is 2.39. The number of carbonyl (C=O) groups excluding carboxylic acids is 1. The molecule has 0 aliphatic carbocycles. The zero-order chi connectivity index (χ0) is 14.2. The third-order valence-electron chi connectivity index (χ3n) is 2.52. The quantitative estimate of drug-likeness (QED) is 0.831. The molecule has 2 rings (SSSR count). The van der Waals surface area contributed by atoms with Crippen molar-refractivity contribution in [1.82, 2.24) is 10.6 Å². The van der Waals surface area contributed by atoms with Crippen LogP contribution in [0.1, 0.15) is 32.4 Å². The van der Waals surface area contributed by atoms with Crippen molar-refractivity contribution in [3.63, 3.8) is 0 Å². The molecule has 0 radical (unpaired) electrons. The lowest BCUT2D eigenvalue weighted by atomic mass is 10.1. The van der Waals surface area contributed by atoms with Crippen LogP contribution < -0.4 is 10.6 Å². The van der Waals surface area contributed by atoms with E-state index in [0.29, 0.717) is 5.96 Å². The summed E-state index contributed by atoms with van der Waals surface area (Å²) in [5.74, 6) is -0.625. The van der Waals surface area contributed by atoms with Crippen LogP contribution in [0.2, 0.25) is 5.02 Å². The van der Waals surface area contributed by atoms with Crippen molar-refractivity contribution in [3.8, 4) is 0 Å². The number of nitrogens with one attached hydrogen (secondary N) is 2. The van der Waals surface area contributed by atoms with E-state index < -0.39 is 11.9 Å². The van der Waals surface area contributed by atoms with Crippen LogP contribution in [0.4, 0.5) is 4.39 Å². The van der Waals surface area contributed by atoms with Crippen LogP contribution in [-0.4, -0.2) is 17.4 Å². The third kappa shape index (κ3) is 3.04. The Morgan fingerprint density at radius 3 is 2.74 bits per heavy atom. The molecule has 0 bridgehead atoms. The topological polar surface area (TPSA) is 53.5 Å². The maximum atomic E-state index is 13.9. The zero-order valence-corrected chi connectivity index (χ0v) is 11.7. The highest BCUT2D eigenvalue weighted by Gasteiger charge is 2.31. The van der Waals surface area contributed by atoms with E-state index in [0.717, 1.165) is 0 Å². The van der Waals surface area contributed by atoms with Gasteiger partial charge in [0.25, 0.3) is 5.91 Å². The van der Waals surface area contributed by atoms with Crippen LogP contribution in [0, 0.1) is 5.82 Å². The van der Waals surface area contributed by atoms with Crippen LogP contribution in [0.25, 0.3) is 0 Å². The highest BCUT2D eigenvalue weighted by atomic mass is 35.5. The Kier molecular flexibility index (Phi) is 3.49. The first kappa shape index (κ1) is 13.8. The van der Waals surface area contributed by atoms with Crippen molar-refractivity contribution in [2.45, 2.75) is 32.4 Å². The maximum absolute atomic E-state index is 13.9. The molecule has 1 amide bonds. The third-order valence-corrected chi connectivity index (χ3v) is 2.81. The average molecular weight is 284 g/mol. The molecule has 1 aliphatic heterocycles. The molecule has 1 atom stereocenters. The Labute approximate surface area is 116 Å². The van der Waals surface area contributed by atoms with E-state index in [2.05, 4.69) is 15.6 Å². The first-order chi connectivity index (χ1) is 8.78. The van der Waals surface area contributed by atoms with E-state index in [1.165, 1.54) is 12.1 Å². The molecule has 0 fully saturated rings. The number of benzene rings is 1. The minimum Gasteiger partial charge on any atom is -0.351 e. The van der Waals surface area contributed by atoms with Gasteiger partial charge in [-0.3, -0.25) is 10.1 Å². The number of halogens is 2. The lowest BCUT2D eigenvalue weighted by Crippen LogP contribution is -2.46. The lowest BCUT2D eigenvalue weighted by Gasteiger charge is -2.21. The molecule has 1 aromatic rings. The summed E-state index contributed by atoms with van der Waals surface area (Å²) in [5.41, 5.74) is -0.0656. The van der Waals surface area contributed by atoms with Crippen LogP contribution in [-0.2, 0) is 4.79 Å². The molecule has 1 heterocycles. The molecule has 1 aliphatic rings. The number of hydrogen-bond acceptors (Lipinski definition) is 3. The van der Waals surface area contributed by atoms with Gasteiger partial charge in [0.1, 0.15) is 5.82 Å². The molecule has 2 N–H and O–H groups in total. The van der Waals surface area contributed by atoms with Crippen molar-refractivity contribution in [2.75, 3.05) is 0 Å². The number of guanidine groups is 1. The van der Waals surface area contributed by atoms with Crippen LogP contribution >= 0.6 is 11.6 Å². The van der Waals surface area contributed by atoms with Crippen molar-refractivity contribution < 1.29 is 9.18 Å². The van der Waals surface area contributed by atoms with E-state index in [-0.39, 0.29) is 22.0 Å². The summed E-state index contributed by atoms with van der Waals surface area (Å²) in [5, 5.41) is 5.62. The first-order valence-electron chi connectivity index (χ1n) is 5.89. The SMILES string of the molecule is CC(C)(C)NC1=NC(c2cccc(Cl)c2F)C(=O)N1. The second-order valence-electron chi connectivity index (χ2n) is 5.39. The van der Waals surface area contributed by atoms with Gasteiger partial charge in [-0.2, -0.15) is 0 Å². The predicted molar refractivity (Wildman–Crippen MR) is 72.6 cm³/mol. The van der Waals surface area contributed by atoms with E-state index >= 15 is 0 Å². The Morgan fingerprint density at radius 1 is 1.42 bits per heavy atom. The summed E-state index contributed by atoms with van der Waals surface area (Å²) in [6.07, 6.45) is 0. The van der Waals surface area contributed by atoms with Gasteiger partial charge in [0, 0.05) is 11.1 Å². The molecule has 0 saturated carbocycles. The summed E-state index contributed by atoms with van der Waals surface area (Å²) in [4.78, 5) is 16.0. The minimum absolute atomic E-state index is 0.0160. The van der Waals surface area contributed by atoms with Crippen LogP contribution in [0.15, 0.2) is 23.2 Å².